The molecule has 0 radical (unpaired) electrons. The first-order valence-corrected chi connectivity index (χ1v) is 6.61. The number of nitrogens with one attached hydrogen (secondary N) is 2. The van der Waals surface area contributed by atoms with E-state index in [2.05, 4.69) is 17.6 Å². The van der Waals surface area contributed by atoms with Gasteiger partial charge in [0.15, 0.2) is 0 Å². The van der Waals surface area contributed by atoms with Crippen molar-refractivity contribution in [2.24, 2.45) is 11.3 Å². The molecule has 0 aliphatic carbocycles. The Morgan fingerprint density at radius 1 is 1.53 bits per heavy atom. The van der Waals surface area contributed by atoms with E-state index in [-0.39, 0.29) is 17.4 Å². The lowest BCUT2D eigenvalue weighted by Gasteiger charge is -2.33. The molecule has 1 rings (SSSR count). The van der Waals surface area contributed by atoms with Gasteiger partial charge in [0.2, 0.25) is 5.91 Å². The molecule has 1 amide bonds. The molecule has 4 heteroatoms. The van der Waals surface area contributed by atoms with Crippen LogP contribution in [0.25, 0.3) is 0 Å². The molecule has 1 heterocycles. The summed E-state index contributed by atoms with van der Waals surface area (Å²) in [7, 11) is 0. The van der Waals surface area contributed by atoms with E-state index in [1.807, 2.05) is 6.92 Å². The summed E-state index contributed by atoms with van der Waals surface area (Å²) in [6, 6.07) is 0. The quantitative estimate of drug-likeness (QED) is 0.671. The van der Waals surface area contributed by atoms with Gasteiger partial charge in [-0.1, -0.05) is 6.92 Å². The second kappa shape index (κ2) is 6.36. The zero-order valence-corrected chi connectivity index (χ0v) is 11.3. The van der Waals surface area contributed by atoms with E-state index in [1.165, 1.54) is 0 Å². The molecule has 3 N–H and O–H groups in total. The first kappa shape index (κ1) is 14.5. The zero-order chi connectivity index (χ0) is 12.9. The molecule has 3 unspecified atom stereocenters. The summed E-state index contributed by atoms with van der Waals surface area (Å²) in [4.78, 5) is 12.1. The van der Waals surface area contributed by atoms with E-state index in [1.54, 1.807) is 6.92 Å². The van der Waals surface area contributed by atoms with Gasteiger partial charge in [0, 0.05) is 13.1 Å². The smallest absolute Gasteiger partial charge is 0.227 e. The number of carbonyl (C=O) groups is 1. The third-order valence-corrected chi connectivity index (χ3v) is 3.50. The maximum atomic E-state index is 12.1. The van der Waals surface area contributed by atoms with Crippen molar-refractivity contribution in [1.29, 1.82) is 0 Å². The molecule has 1 fully saturated rings. The van der Waals surface area contributed by atoms with Gasteiger partial charge in [-0.25, -0.2) is 0 Å². The standard InChI is InChI=1S/C13H26N2O2/c1-10(7-11(2)16)8-15-12(17)13(3)5-4-6-14-9-13/h10-11,14,16H,4-9H2,1-3H3,(H,15,17). The SMILES string of the molecule is CC(O)CC(C)CNC(=O)C1(C)CCCNC1. The molecule has 0 aromatic heterocycles. The summed E-state index contributed by atoms with van der Waals surface area (Å²) in [5.74, 6) is 0.459. The first-order chi connectivity index (χ1) is 7.94. The number of carbonyl (C=O) groups excluding carboxylic acids is 1. The largest absolute Gasteiger partial charge is 0.393 e. The Labute approximate surface area is 104 Å². The molecule has 100 valence electrons. The summed E-state index contributed by atoms with van der Waals surface area (Å²) >= 11 is 0. The number of amides is 1. The summed E-state index contributed by atoms with van der Waals surface area (Å²) in [6.45, 7) is 8.29. The third kappa shape index (κ3) is 4.64. The Morgan fingerprint density at radius 2 is 2.24 bits per heavy atom. The average Bonchev–Trinajstić information content (AvgIpc) is 2.26. The highest BCUT2D eigenvalue weighted by molar-refractivity contribution is 5.82. The van der Waals surface area contributed by atoms with Crippen LogP contribution in [0.15, 0.2) is 0 Å². The van der Waals surface area contributed by atoms with Gasteiger partial charge in [-0.2, -0.15) is 0 Å². The molecule has 3 atom stereocenters. The van der Waals surface area contributed by atoms with Crippen LogP contribution >= 0.6 is 0 Å². The second-order valence-corrected chi connectivity index (χ2v) is 5.74. The van der Waals surface area contributed by atoms with Crippen molar-refractivity contribution in [2.75, 3.05) is 19.6 Å². The van der Waals surface area contributed by atoms with Gasteiger partial charge in [-0.3, -0.25) is 4.79 Å². The fraction of sp³-hybridized carbons (Fsp3) is 0.923. The molecule has 0 aromatic rings. The molecule has 0 bridgehead atoms. The fourth-order valence-corrected chi connectivity index (χ4v) is 2.40. The first-order valence-electron chi connectivity index (χ1n) is 6.61. The monoisotopic (exact) mass is 242 g/mol. The van der Waals surface area contributed by atoms with Crippen LogP contribution in [0.3, 0.4) is 0 Å². The van der Waals surface area contributed by atoms with Crippen LogP contribution in [0, 0.1) is 11.3 Å². The maximum absolute atomic E-state index is 12.1. The van der Waals surface area contributed by atoms with Gasteiger partial charge in [-0.05, 0) is 45.6 Å². The number of aliphatic hydroxyl groups is 1. The van der Waals surface area contributed by atoms with Gasteiger partial charge >= 0.3 is 0 Å². The van der Waals surface area contributed by atoms with E-state index in [0.717, 1.165) is 32.4 Å². The van der Waals surface area contributed by atoms with Crippen molar-refractivity contribution < 1.29 is 9.90 Å². The minimum atomic E-state index is -0.297. The van der Waals surface area contributed by atoms with Crippen LogP contribution in [-0.4, -0.2) is 36.8 Å². The lowest BCUT2D eigenvalue weighted by atomic mass is 9.82. The number of hydrogen-bond donors (Lipinski definition) is 3. The molecule has 0 spiro atoms. The summed E-state index contributed by atoms with van der Waals surface area (Å²) in [5, 5.41) is 15.5. The van der Waals surface area contributed by atoms with Crippen molar-refractivity contribution in [3.05, 3.63) is 0 Å². The Kier molecular flexibility index (Phi) is 5.40. The fourth-order valence-electron chi connectivity index (χ4n) is 2.40. The number of hydrogen-bond acceptors (Lipinski definition) is 3. The molecule has 4 nitrogen and oxygen atoms in total. The van der Waals surface area contributed by atoms with Gasteiger partial charge in [0.25, 0.3) is 0 Å². The van der Waals surface area contributed by atoms with Crippen LogP contribution in [-0.2, 0) is 4.79 Å². The molecule has 17 heavy (non-hydrogen) atoms. The number of rotatable bonds is 5. The third-order valence-electron chi connectivity index (χ3n) is 3.50. The van der Waals surface area contributed by atoms with Gasteiger partial charge < -0.3 is 15.7 Å². The van der Waals surface area contributed by atoms with Gasteiger partial charge in [-0.15, -0.1) is 0 Å². The lowest BCUT2D eigenvalue weighted by molar-refractivity contribution is -0.131. The van der Waals surface area contributed by atoms with Crippen LogP contribution in [0.2, 0.25) is 0 Å². The van der Waals surface area contributed by atoms with E-state index >= 15 is 0 Å². The van der Waals surface area contributed by atoms with Crippen molar-refractivity contribution in [1.82, 2.24) is 10.6 Å². The molecule has 1 aliphatic rings. The van der Waals surface area contributed by atoms with Crippen molar-refractivity contribution >= 4 is 5.91 Å². The van der Waals surface area contributed by atoms with Crippen LogP contribution in [0.1, 0.15) is 40.0 Å². The molecule has 1 aliphatic heterocycles. The number of aliphatic hydroxyl groups excluding tert-OH is 1. The van der Waals surface area contributed by atoms with Gasteiger partial charge in [0.1, 0.15) is 0 Å². The van der Waals surface area contributed by atoms with Gasteiger partial charge in [0.05, 0.1) is 11.5 Å². The van der Waals surface area contributed by atoms with E-state index in [0.29, 0.717) is 12.5 Å². The molecule has 0 aromatic carbocycles. The van der Waals surface area contributed by atoms with Crippen LogP contribution in [0.4, 0.5) is 0 Å². The van der Waals surface area contributed by atoms with Crippen molar-refractivity contribution in [2.45, 2.75) is 46.1 Å². The normalized spacial score (nSPS) is 28.5. The number of piperidine rings is 1. The zero-order valence-electron chi connectivity index (χ0n) is 11.3. The van der Waals surface area contributed by atoms with Crippen LogP contribution in [0.5, 0.6) is 0 Å². The predicted molar refractivity (Wildman–Crippen MR) is 68.7 cm³/mol. The van der Waals surface area contributed by atoms with Crippen molar-refractivity contribution in [3.63, 3.8) is 0 Å². The van der Waals surface area contributed by atoms with E-state index < -0.39 is 0 Å². The topological polar surface area (TPSA) is 61.4 Å². The molecule has 0 saturated carbocycles. The average molecular weight is 242 g/mol. The minimum Gasteiger partial charge on any atom is -0.393 e. The Morgan fingerprint density at radius 3 is 2.76 bits per heavy atom. The second-order valence-electron chi connectivity index (χ2n) is 5.74. The Hall–Kier alpha value is -0.610. The Bertz CT molecular complexity index is 248. The predicted octanol–water partition coefficient (Wildman–Crippen LogP) is 0.899. The molecule has 1 saturated heterocycles. The lowest BCUT2D eigenvalue weighted by Crippen LogP contribution is -2.49. The summed E-state index contributed by atoms with van der Waals surface area (Å²) in [5.41, 5.74) is -0.261. The van der Waals surface area contributed by atoms with E-state index in [4.69, 9.17) is 0 Å². The van der Waals surface area contributed by atoms with E-state index in [9.17, 15) is 9.90 Å². The minimum absolute atomic E-state index is 0.141. The molecular weight excluding hydrogens is 216 g/mol. The summed E-state index contributed by atoms with van der Waals surface area (Å²) in [6.07, 6.45) is 2.45. The highest BCUT2D eigenvalue weighted by atomic mass is 16.3. The molecular formula is C13H26N2O2. The highest BCUT2D eigenvalue weighted by Crippen LogP contribution is 2.25. The Balaban J connectivity index is 2.33. The van der Waals surface area contributed by atoms with Crippen molar-refractivity contribution in [3.8, 4) is 0 Å². The van der Waals surface area contributed by atoms with Crippen LogP contribution < -0.4 is 10.6 Å². The highest BCUT2D eigenvalue weighted by Gasteiger charge is 2.34. The maximum Gasteiger partial charge on any atom is 0.227 e. The summed E-state index contributed by atoms with van der Waals surface area (Å²) < 4.78 is 0.